The van der Waals surface area contributed by atoms with Gasteiger partial charge in [-0.3, -0.25) is 9.69 Å². The molecule has 1 unspecified atom stereocenters. The number of nitrogens with zero attached hydrogens (tertiary/aromatic N) is 1. The van der Waals surface area contributed by atoms with Crippen LogP contribution < -0.4 is 0 Å². The molecule has 4 nitrogen and oxygen atoms in total. The maximum atomic E-state index is 11.6. The number of carbonyl (C=O) groups is 1. The van der Waals surface area contributed by atoms with Gasteiger partial charge >= 0.3 is 5.97 Å². The predicted octanol–water partition coefficient (Wildman–Crippen LogP) is 2.45. The van der Waals surface area contributed by atoms with Gasteiger partial charge in [0.25, 0.3) is 0 Å². The van der Waals surface area contributed by atoms with Crippen LogP contribution in [0.5, 0.6) is 0 Å². The second-order valence-electron chi connectivity index (χ2n) is 5.13. The molecule has 2 rings (SSSR count). The standard InChI is InChI=1S/C13H19NO3/c1-9-5-6-10(17-9)11(14(2)3)13(12(15)16)7-4-8-13/h5-6,11H,4,7-8H2,1-3H3,(H,15,16). The van der Waals surface area contributed by atoms with E-state index >= 15 is 0 Å². The lowest BCUT2D eigenvalue weighted by Crippen LogP contribution is -2.48. The smallest absolute Gasteiger partial charge is 0.311 e. The van der Waals surface area contributed by atoms with Gasteiger partial charge in [0, 0.05) is 0 Å². The zero-order chi connectivity index (χ0) is 12.6. The van der Waals surface area contributed by atoms with Gasteiger partial charge in [0.1, 0.15) is 11.5 Å². The van der Waals surface area contributed by atoms with Gasteiger partial charge < -0.3 is 9.52 Å². The molecule has 1 N–H and O–H groups in total. The summed E-state index contributed by atoms with van der Waals surface area (Å²) in [4.78, 5) is 13.5. The van der Waals surface area contributed by atoms with Gasteiger partial charge in [-0.15, -0.1) is 0 Å². The van der Waals surface area contributed by atoms with Crippen LogP contribution in [0.3, 0.4) is 0 Å². The Kier molecular flexibility index (Phi) is 3.00. The van der Waals surface area contributed by atoms with Gasteiger partial charge in [-0.1, -0.05) is 6.42 Å². The predicted molar refractivity (Wildman–Crippen MR) is 63.8 cm³/mol. The zero-order valence-electron chi connectivity index (χ0n) is 10.6. The lowest BCUT2D eigenvalue weighted by atomic mass is 9.63. The molecule has 1 atom stereocenters. The Hall–Kier alpha value is -1.29. The topological polar surface area (TPSA) is 53.7 Å². The van der Waals surface area contributed by atoms with E-state index in [1.165, 1.54) is 0 Å². The number of furan rings is 1. The Bertz CT molecular complexity index is 418. The number of hydrogen-bond acceptors (Lipinski definition) is 3. The van der Waals surface area contributed by atoms with Crippen LogP contribution in [-0.4, -0.2) is 30.1 Å². The Morgan fingerprint density at radius 2 is 2.12 bits per heavy atom. The molecule has 0 amide bonds. The summed E-state index contributed by atoms with van der Waals surface area (Å²) in [5, 5.41) is 9.50. The molecule has 1 heterocycles. The van der Waals surface area contributed by atoms with Crippen molar-refractivity contribution < 1.29 is 14.3 Å². The molecule has 1 aliphatic carbocycles. The Morgan fingerprint density at radius 3 is 2.41 bits per heavy atom. The first-order valence-electron chi connectivity index (χ1n) is 5.93. The Morgan fingerprint density at radius 1 is 1.47 bits per heavy atom. The maximum absolute atomic E-state index is 11.6. The summed E-state index contributed by atoms with van der Waals surface area (Å²) < 4.78 is 5.63. The quantitative estimate of drug-likeness (QED) is 0.874. The van der Waals surface area contributed by atoms with Crippen molar-refractivity contribution in [1.29, 1.82) is 0 Å². The van der Waals surface area contributed by atoms with Gasteiger partial charge in [0.15, 0.2) is 0 Å². The van der Waals surface area contributed by atoms with Crippen LogP contribution in [0.25, 0.3) is 0 Å². The summed E-state index contributed by atoms with van der Waals surface area (Å²) in [5.41, 5.74) is -0.673. The summed E-state index contributed by atoms with van der Waals surface area (Å²) in [7, 11) is 3.82. The number of aliphatic carboxylic acids is 1. The summed E-state index contributed by atoms with van der Waals surface area (Å²) in [6.07, 6.45) is 2.44. The van der Waals surface area contributed by atoms with E-state index < -0.39 is 11.4 Å². The molecule has 1 aromatic heterocycles. The fraction of sp³-hybridized carbons (Fsp3) is 0.615. The molecule has 0 radical (unpaired) electrons. The first kappa shape index (κ1) is 12.2. The lowest BCUT2D eigenvalue weighted by Gasteiger charge is -2.45. The first-order chi connectivity index (χ1) is 7.97. The SMILES string of the molecule is Cc1ccc(C(N(C)C)C2(C(=O)O)CCC2)o1. The van der Waals surface area contributed by atoms with Crippen molar-refractivity contribution in [3.8, 4) is 0 Å². The number of carboxylic acid groups (broad SMARTS) is 1. The Labute approximate surface area is 101 Å². The number of carboxylic acids is 1. The third-order valence-corrected chi connectivity index (χ3v) is 3.74. The average Bonchev–Trinajstić information content (AvgIpc) is 2.56. The van der Waals surface area contributed by atoms with E-state index in [1.807, 2.05) is 38.1 Å². The monoisotopic (exact) mass is 237 g/mol. The fourth-order valence-electron chi connectivity index (χ4n) is 2.78. The van der Waals surface area contributed by atoms with Crippen LogP contribution >= 0.6 is 0 Å². The molecule has 4 heteroatoms. The molecule has 0 aliphatic heterocycles. The van der Waals surface area contributed by atoms with Gasteiger partial charge in [-0.2, -0.15) is 0 Å². The van der Waals surface area contributed by atoms with Crippen molar-refractivity contribution in [1.82, 2.24) is 4.90 Å². The van der Waals surface area contributed by atoms with Crippen LogP contribution in [-0.2, 0) is 4.79 Å². The van der Waals surface area contributed by atoms with Crippen LogP contribution in [0.2, 0.25) is 0 Å². The highest BCUT2D eigenvalue weighted by atomic mass is 16.4. The van der Waals surface area contributed by atoms with Crippen LogP contribution in [0.4, 0.5) is 0 Å². The van der Waals surface area contributed by atoms with Crippen molar-refractivity contribution in [2.75, 3.05) is 14.1 Å². The van der Waals surface area contributed by atoms with E-state index in [-0.39, 0.29) is 6.04 Å². The van der Waals surface area contributed by atoms with Gasteiger partial charge in [0.2, 0.25) is 0 Å². The fourth-order valence-corrected chi connectivity index (χ4v) is 2.78. The van der Waals surface area contributed by atoms with E-state index in [0.717, 1.165) is 30.8 Å². The molecule has 1 aliphatic rings. The minimum atomic E-state index is -0.712. The van der Waals surface area contributed by atoms with E-state index in [2.05, 4.69) is 0 Å². The molecule has 0 spiro atoms. The zero-order valence-corrected chi connectivity index (χ0v) is 10.6. The van der Waals surface area contributed by atoms with Crippen molar-refractivity contribution >= 4 is 5.97 Å². The van der Waals surface area contributed by atoms with E-state index in [9.17, 15) is 9.90 Å². The average molecular weight is 237 g/mol. The summed E-state index contributed by atoms with van der Waals surface area (Å²) in [5.74, 6) is 0.873. The molecule has 1 saturated carbocycles. The minimum absolute atomic E-state index is 0.178. The summed E-state index contributed by atoms with van der Waals surface area (Å²) in [6, 6.07) is 3.60. The molecule has 1 fully saturated rings. The molecule has 94 valence electrons. The molecular formula is C13H19NO3. The first-order valence-corrected chi connectivity index (χ1v) is 5.93. The lowest BCUT2D eigenvalue weighted by molar-refractivity contribution is -0.161. The second kappa shape index (κ2) is 4.18. The third-order valence-electron chi connectivity index (χ3n) is 3.74. The Balaban J connectivity index is 2.38. The molecule has 0 aromatic carbocycles. The van der Waals surface area contributed by atoms with Crippen LogP contribution in [0.1, 0.15) is 36.8 Å². The minimum Gasteiger partial charge on any atom is -0.481 e. The molecular weight excluding hydrogens is 218 g/mol. The highest BCUT2D eigenvalue weighted by Gasteiger charge is 2.53. The molecule has 0 bridgehead atoms. The van der Waals surface area contributed by atoms with Gasteiger partial charge in [0.05, 0.1) is 11.5 Å². The van der Waals surface area contributed by atoms with E-state index in [4.69, 9.17) is 4.42 Å². The number of hydrogen-bond donors (Lipinski definition) is 1. The van der Waals surface area contributed by atoms with Crippen molar-refractivity contribution in [2.45, 2.75) is 32.2 Å². The maximum Gasteiger partial charge on any atom is 0.311 e. The van der Waals surface area contributed by atoms with Crippen molar-refractivity contribution in [3.63, 3.8) is 0 Å². The normalized spacial score (nSPS) is 20.0. The third kappa shape index (κ3) is 1.86. The molecule has 0 saturated heterocycles. The van der Waals surface area contributed by atoms with E-state index in [1.54, 1.807) is 0 Å². The largest absolute Gasteiger partial charge is 0.481 e. The summed E-state index contributed by atoms with van der Waals surface area (Å²) in [6.45, 7) is 1.88. The second-order valence-corrected chi connectivity index (χ2v) is 5.13. The van der Waals surface area contributed by atoms with Gasteiger partial charge in [-0.25, -0.2) is 0 Å². The van der Waals surface area contributed by atoms with Crippen molar-refractivity contribution in [3.05, 3.63) is 23.7 Å². The highest BCUT2D eigenvalue weighted by molar-refractivity contribution is 5.77. The number of rotatable bonds is 4. The van der Waals surface area contributed by atoms with Gasteiger partial charge in [-0.05, 0) is 46.0 Å². The van der Waals surface area contributed by atoms with Crippen molar-refractivity contribution in [2.24, 2.45) is 5.41 Å². The highest BCUT2D eigenvalue weighted by Crippen LogP contribution is 2.52. The molecule has 17 heavy (non-hydrogen) atoms. The number of aryl methyl sites for hydroxylation is 1. The summed E-state index contributed by atoms with van der Waals surface area (Å²) >= 11 is 0. The molecule has 1 aromatic rings. The van der Waals surface area contributed by atoms with E-state index in [0.29, 0.717) is 0 Å². The van der Waals surface area contributed by atoms with Crippen LogP contribution in [0.15, 0.2) is 16.5 Å². The van der Waals surface area contributed by atoms with Crippen LogP contribution in [0, 0.1) is 12.3 Å².